The van der Waals surface area contributed by atoms with Crippen molar-refractivity contribution in [3.05, 3.63) is 94.3 Å². The highest BCUT2D eigenvalue weighted by Crippen LogP contribution is 2.30. The maximum Gasteiger partial charge on any atom is 0.246 e. The van der Waals surface area contributed by atoms with Crippen LogP contribution in [-0.2, 0) is 17.9 Å². The van der Waals surface area contributed by atoms with Crippen molar-refractivity contribution in [3.8, 4) is 11.1 Å². The van der Waals surface area contributed by atoms with Crippen molar-refractivity contribution in [3.63, 3.8) is 0 Å². The Balaban J connectivity index is 1.39. The normalized spacial score (nSPS) is 11.2. The fourth-order valence-electron chi connectivity index (χ4n) is 4.40. The lowest BCUT2D eigenvalue weighted by Crippen LogP contribution is -2.20. The minimum absolute atomic E-state index is 0.0151. The molecule has 0 saturated heterocycles. The number of hydrogen-bond acceptors (Lipinski definition) is 4. The monoisotopic (exact) mass is 502 g/mol. The number of carbonyl (C=O) groups excluding carboxylic acids is 1. The van der Waals surface area contributed by atoms with Crippen LogP contribution in [0.3, 0.4) is 0 Å². The predicted molar refractivity (Wildman–Crippen MR) is 139 cm³/mol. The fourth-order valence-corrected chi connectivity index (χ4v) is 4.59. The van der Waals surface area contributed by atoms with E-state index in [4.69, 9.17) is 11.6 Å². The van der Waals surface area contributed by atoms with Gasteiger partial charge in [0.05, 0.1) is 29.3 Å². The Hall–Kier alpha value is -4.04. The van der Waals surface area contributed by atoms with Crippen LogP contribution in [0.4, 0.5) is 10.1 Å². The van der Waals surface area contributed by atoms with Gasteiger partial charge >= 0.3 is 0 Å². The fraction of sp³-hybridized carbons (Fsp3) is 0.185. The quantitative estimate of drug-likeness (QED) is 0.323. The van der Waals surface area contributed by atoms with Gasteiger partial charge in [0, 0.05) is 16.6 Å². The molecule has 5 aromatic rings. The molecule has 7 nitrogen and oxygen atoms in total. The zero-order valence-electron chi connectivity index (χ0n) is 20.1. The Bertz CT molecular complexity index is 1590. The van der Waals surface area contributed by atoms with E-state index < -0.39 is 0 Å². The number of nitrogens with one attached hydrogen (secondary N) is 1. The first-order valence-corrected chi connectivity index (χ1v) is 11.8. The van der Waals surface area contributed by atoms with E-state index in [0.717, 1.165) is 33.5 Å². The molecule has 0 fully saturated rings. The summed E-state index contributed by atoms with van der Waals surface area (Å²) in [5.74, 6) is -0.536. The second kappa shape index (κ2) is 9.54. The molecule has 0 saturated carbocycles. The predicted octanol–water partition coefficient (Wildman–Crippen LogP) is 5.70. The molecule has 1 amide bonds. The van der Waals surface area contributed by atoms with Crippen LogP contribution in [-0.4, -0.2) is 30.5 Å². The largest absolute Gasteiger partial charge is 0.321 e. The number of aromatic nitrogens is 5. The summed E-state index contributed by atoms with van der Waals surface area (Å²) < 4.78 is 16.8. The molecule has 0 atom stereocenters. The molecule has 3 heterocycles. The van der Waals surface area contributed by atoms with E-state index in [9.17, 15) is 9.18 Å². The third-order valence-electron chi connectivity index (χ3n) is 6.18. The summed E-state index contributed by atoms with van der Waals surface area (Å²) in [5.41, 5.74) is 6.23. The third-order valence-corrected chi connectivity index (χ3v) is 6.55. The summed E-state index contributed by atoms with van der Waals surface area (Å²) in [6.07, 6.45) is 1.67. The van der Waals surface area contributed by atoms with E-state index in [0.29, 0.717) is 28.6 Å². The molecular formula is C27H24ClFN6O. The number of fused-ring (bicyclic) bond motifs is 1. The molecule has 2 aromatic carbocycles. The van der Waals surface area contributed by atoms with Gasteiger partial charge in [-0.15, -0.1) is 0 Å². The Kier molecular flexibility index (Phi) is 6.28. The van der Waals surface area contributed by atoms with Crippen LogP contribution in [0.15, 0.2) is 60.8 Å². The molecule has 0 aliphatic heterocycles. The average molecular weight is 503 g/mol. The number of rotatable bonds is 6. The lowest BCUT2D eigenvalue weighted by molar-refractivity contribution is -0.116. The maximum absolute atomic E-state index is 13.4. The number of hydrogen-bond donors (Lipinski definition) is 1. The minimum atomic E-state index is -0.297. The zero-order chi connectivity index (χ0) is 25.4. The summed E-state index contributed by atoms with van der Waals surface area (Å²) in [6, 6.07) is 15.8. The summed E-state index contributed by atoms with van der Waals surface area (Å²) in [7, 11) is 0. The summed E-state index contributed by atoms with van der Waals surface area (Å²) in [4.78, 5) is 17.5. The Morgan fingerprint density at radius 3 is 2.44 bits per heavy atom. The smallest absolute Gasteiger partial charge is 0.246 e. The molecule has 3 aromatic heterocycles. The molecule has 0 radical (unpaired) electrons. The highest BCUT2D eigenvalue weighted by molar-refractivity contribution is 6.31. The molecule has 0 aliphatic carbocycles. The van der Waals surface area contributed by atoms with Crippen LogP contribution in [0.5, 0.6) is 0 Å². The first-order chi connectivity index (χ1) is 17.3. The van der Waals surface area contributed by atoms with Crippen LogP contribution in [0.1, 0.15) is 22.6 Å². The molecule has 5 rings (SSSR count). The number of anilines is 1. The molecule has 0 aliphatic rings. The SMILES string of the molecule is Cc1nn(Cc2ccccc2Cl)c(C)c1NC(=O)Cn1nc(C)c2c(-c3ccc(F)cc3)ccnc21. The third kappa shape index (κ3) is 4.47. The van der Waals surface area contributed by atoms with E-state index in [1.165, 1.54) is 12.1 Å². The molecule has 1 N–H and O–H groups in total. The standard InChI is InChI=1S/C27H24ClFN6O/c1-16-25-22(19-8-10-21(29)11-9-19)12-13-30-27(25)35(32-16)15-24(36)31-26-17(2)33-34(18(26)3)14-20-6-4-5-7-23(20)28/h4-13H,14-15H2,1-3H3,(H,31,36). The number of carbonyl (C=O) groups is 1. The van der Waals surface area contributed by atoms with E-state index in [-0.39, 0.29) is 18.3 Å². The molecule has 0 unspecified atom stereocenters. The number of aryl methyl sites for hydroxylation is 2. The summed E-state index contributed by atoms with van der Waals surface area (Å²) in [6.45, 7) is 6.13. The Labute approximate surface area is 212 Å². The topological polar surface area (TPSA) is 77.6 Å². The minimum Gasteiger partial charge on any atom is -0.321 e. The van der Waals surface area contributed by atoms with Crippen LogP contribution in [0.2, 0.25) is 5.02 Å². The van der Waals surface area contributed by atoms with Crippen LogP contribution in [0.25, 0.3) is 22.2 Å². The Morgan fingerprint density at radius 1 is 0.972 bits per heavy atom. The molecule has 182 valence electrons. The lowest BCUT2D eigenvalue weighted by atomic mass is 10.0. The van der Waals surface area contributed by atoms with E-state index in [2.05, 4.69) is 20.5 Å². The second-order valence-electron chi connectivity index (χ2n) is 8.65. The number of pyridine rings is 1. The van der Waals surface area contributed by atoms with Crippen molar-refractivity contribution in [1.82, 2.24) is 24.5 Å². The van der Waals surface area contributed by atoms with E-state index >= 15 is 0 Å². The molecule has 36 heavy (non-hydrogen) atoms. The number of amides is 1. The molecule has 0 bridgehead atoms. The molecule has 9 heteroatoms. The van der Waals surface area contributed by atoms with Crippen molar-refractivity contribution in [2.24, 2.45) is 0 Å². The van der Waals surface area contributed by atoms with Gasteiger partial charge in [0.25, 0.3) is 0 Å². The van der Waals surface area contributed by atoms with Crippen molar-refractivity contribution < 1.29 is 9.18 Å². The van der Waals surface area contributed by atoms with Gasteiger partial charge in [-0.3, -0.25) is 9.48 Å². The first-order valence-electron chi connectivity index (χ1n) is 11.5. The van der Waals surface area contributed by atoms with Crippen LogP contribution >= 0.6 is 11.6 Å². The van der Waals surface area contributed by atoms with Crippen molar-refractivity contribution in [2.75, 3.05) is 5.32 Å². The van der Waals surface area contributed by atoms with Gasteiger partial charge in [0.2, 0.25) is 5.91 Å². The van der Waals surface area contributed by atoms with Gasteiger partial charge in [-0.05, 0) is 61.7 Å². The van der Waals surface area contributed by atoms with Crippen LogP contribution in [0, 0.1) is 26.6 Å². The van der Waals surface area contributed by atoms with E-state index in [1.54, 1.807) is 23.0 Å². The van der Waals surface area contributed by atoms with Gasteiger partial charge in [-0.2, -0.15) is 10.2 Å². The van der Waals surface area contributed by atoms with E-state index in [1.807, 2.05) is 55.8 Å². The highest BCUT2D eigenvalue weighted by atomic mass is 35.5. The average Bonchev–Trinajstić information content (AvgIpc) is 3.31. The van der Waals surface area contributed by atoms with Gasteiger partial charge in [-0.25, -0.2) is 14.1 Å². The van der Waals surface area contributed by atoms with Gasteiger partial charge in [0.1, 0.15) is 12.4 Å². The lowest BCUT2D eigenvalue weighted by Gasteiger charge is -2.09. The number of nitrogens with zero attached hydrogens (tertiary/aromatic N) is 5. The van der Waals surface area contributed by atoms with Crippen molar-refractivity contribution >= 4 is 34.2 Å². The molecule has 0 spiro atoms. The van der Waals surface area contributed by atoms with Gasteiger partial charge < -0.3 is 5.32 Å². The maximum atomic E-state index is 13.4. The highest BCUT2D eigenvalue weighted by Gasteiger charge is 2.19. The van der Waals surface area contributed by atoms with Crippen molar-refractivity contribution in [1.29, 1.82) is 0 Å². The second-order valence-corrected chi connectivity index (χ2v) is 9.06. The van der Waals surface area contributed by atoms with Crippen molar-refractivity contribution in [2.45, 2.75) is 33.9 Å². The summed E-state index contributed by atoms with van der Waals surface area (Å²) in [5, 5.41) is 13.7. The summed E-state index contributed by atoms with van der Waals surface area (Å²) >= 11 is 6.31. The van der Waals surface area contributed by atoms with Gasteiger partial charge in [0.15, 0.2) is 5.65 Å². The Morgan fingerprint density at radius 2 is 1.69 bits per heavy atom. The molecular weight excluding hydrogens is 479 g/mol. The van der Waals surface area contributed by atoms with Crippen LogP contribution < -0.4 is 5.32 Å². The first kappa shape index (κ1) is 23.7. The zero-order valence-corrected chi connectivity index (χ0v) is 20.8. The number of halogens is 2. The number of benzene rings is 2. The van der Waals surface area contributed by atoms with Gasteiger partial charge in [-0.1, -0.05) is 41.9 Å².